The van der Waals surface area contributed by atoms with Crippen LogP contribution in [0.1, 0.15) is 37.3 Å². The molecule has 2 aromatic rings. The summed E-state index contributed by atoms with van der Waals surface area (Å²) in [6, 6.07) is 2.35. The summed E-state index contributed by atoms with van der Waals surface area (Å²) in [5.74, 6) is 0.540. The van der Waals surface area contributed by atoms with Crippen LogP contribution in [0.25, 0.3) is 0 Å². The summed E-state index contributed by atoms with van der Waals surface area (Å²) in [7, 11) is 0. The Hall–Kier alpha value is -2.06. The third-order valence-corrected chi connectivity index (χ3v) is 5.13. The molecule has 3 heterocycles. The van der Waals surface area contributed by atoms with E-state index in [4.69, 9.17) is 4.74 Å². The topological polar surface area (TPSA) is 80.2 Å². The van der Waals surface area contributed by atoms with Gasteiger partial charge in [-0.1, -0.05) is 0 Å². The van der Waals surface area contributed by atoms with Crippen molar-refractivity contribution < 1.29 is 9.53 Å². The molecular formula is C17H23N5O2S. The van der Waals surface area contributed by atoms with E-state index >= 15 is 0 Å². The van der Waals surface area contributed by atoms with Gasteiger partial charge < -0.3 is 10.1 Å². The van der Waals surface area contributed by atoms with Gasteiger partial charge in [0, 0.05) is 48.9 Å². The SMILES string of the molecule is CC(=O)Nc1ncc(CN2C[C@@H](Oc3cc(C)ncn3)CC[C@@H]2C)s1. The van der Waals surface area contributed by atoms with E-state index in [1.807, 2.05) is 19.2 Å². The van der Waals surface area contributed by atoms with Gasteiger partial charge in [-0.2, -0.15) is 0 Å². The fourth-order valence-corrected chi connectivity index (χ4v) is 3.80. The van der Waals surface area contributed by atoms with Crippen LogP contribution >= 0.6 is 11.3 Å². The second-order valence-corrected chi connectivity index (χ2v) is 7.52. The van der Waals surface area contributed by atoms with Crippen LogP contribution in [0.2, 0.25) is 0 Å². The van der Waals surface area contributed by atoms with E-state index in [9.17, 15) is 4.79 Å². The molecule has 0 spiro atoms. The summed E-state index contributed by atoms with van der Waals surface area (Å²) in [6.07, 6.45) is 5.58. The van der Waals surface area contributed by atoms with Gasteiger partial charge in [0.1, 0.15) is 12.4 Å². The number of anilines is 1. The van der Waals surface area contributed by atoms with Gasteiger partial charge in [-0.05, 0) is 26.7 Å². The number of piperidine rings is 1. The van der Waals surface area contributed by atoms with Gasteiger partial charge in [0.15, 0.2) is 5.13 Å². The smallest absolute Gasteiger partial charge is 0.223 e. The van der Waals surface area contributed by atoms with Crippen molar-refractivity contribution in [3.8, 4) is 5.88 Å². The van der Waals surface area contributed by atoms with Crippen molar-refractivity contribution in [3.05, 3.63) is 29.2 Å². The summed E-state index contributed by atoms with van der Waals surface area (Å²) in [5.41, 5.74) is 0.904. The fraction of sp³-hybridized carbons (Fsp3) is 0.529. The Balaban J connectivity index is 1.60. The highest BCUT2D eigenvalue weighted by molar-refractivity contribution is 7.15. The lowest BCUT2D eigenvalue weighted by Crippen LogP contribution is -2.45. The fourth-order valence-electron chi connectivity index (χ4n) is 2.91. The van der Waals surface area contributed by atoms with Gasteiger partial charge in [-0.3, -0.25) is 9.69 Å². The molecule has 1 N–H and O–H groups in total. The normalized spacial score (nSPS) is 21.1. The molecule has 1 amide bonds. The minimum Gasteiger partial charge on any atom is -0.473 e. The number of carbonyl (C=O) groups is 1. The molecule has 25 heavy (non-hydrogen) atoms. The molecule has 0 radical (unpaired) electrons. The lowest BCUT2D eigenvalue weighted by molar-refractivity contribution is -0.114. The third kappa shape index (κ3) is 4.96. The number of aromatic nitrogens is 3. The summed E-state index contributed by atoms with van der Waals surface area (Å²) >= 11 is 1.52. The lowest BCUT2D eigenvalue weighted by atomic mass is 10.0. The van der Waals surface area contributed by atoms with Crippen molar-refractivity contribution in [2.24, 2.45) is 0 Å². The highest BCUT2D eigenvalue weighted by Gasteiger charge is 2.27. The number of likely N-dealkylation sites (tertiary alicyclic amines) is 1. The first-order chi connectivity index (χ1) is 12.0. The summed E-state index contributed by atoms with van der Waals surface area (Å²) in [5, 5.41) is 3.38. The third-order valence-electron chi connectivity index (χ3n) is 4.23. The molecule has 0 saturated carbocycles. The van der Waals surface area contributed by atoms with Crippen molar-refractivity contribution in [2.45, 2.75) is 52.3 Å². The number of amides is 1. The Bertz CT molecular complexity index is 735. The van der Waals surface area contributed by atoms with E-state index in [0.29, 0.717) is 17.1 Å². The number of hydrogen-bond donors (Lipinski definition) is 1. The van der Waals surface area contributed by atoms with Crippen molar-refractivity contribution >= 4 is 22.4 Å². The Morgan fingerprint density at radius 3 is 3.00 bits per heavy atom. The number of nitrogens with zero attached hydrogens (tertiary/aromatic N) is 4. The number of thiazole rings is 1. The minimum atomic E-state index is -0.0964. The minimum absolute atomic E-state index is 0.0964. The molecule has 0 bridgehead atoms. The zero-order chi connectivity index (χ0) is 17.8. The van der Waals surface area contributed by atoms with Gasteiger partial charge >= 0.3 is 0 Å². The van der Waals surface area contributed by atoms with Gasteiger partial charge in [-0.15, -0.1) is 11.3 Å². The van der Waals surface area contributed by atoms with Crippen LogP contribution in [0.3, 0.4) is 0 Å². The molecule has 3 rings (SSSR count). The van der Waals surface area contributed by atoms with Crippen molar-refractivity contribution in [1.29, 1.82) is 0 Å². The van der Waals surface area contributed by atoms with E-state index in [0.717, 1.165) is 36.5 Å². The number of aryl methyl sites for hydroxylation is 1. The van der Waals surface area contributed by atoms with Crippen LogP contribution in [-0.4, -0.2) is 44.4 Å². The van der Waals surface area contributed by atoms with Gasteiger partial charge in [0.2, 0.25) is 11.8 Å². The number of carbonyl (C=O) groups excluding carboxylic acids is 1. The molecule has 1 aliphatic heterocycles. The average Bonchev–Trinajstić information content (AvgIpc) is 2.97. The number of nitrogens with one attached hydrogen (secondary N) is 1. The Kier molecular flexibility index (Phi) is 5.60. The monoisotopic (exact) mass is 361 g/mol. The van der Waals surface area contributed by atoms with Crippen LogP contribution in [0.4, 0.5) is 5.13 Å². The van der Waals surface area contributed by atoms with Crippen LogP contribution in [0.5, 0.6) is 5.88 Å². The molecule has 1 aliphatic rings. The Morgan fingerprint density at radius 2 is 2.24 bits per heavy atom. The predicted octanol–water partition coefficient (Wildman–Crippen LogP) is 2.63. The first-order valence-corrected chi connectivity index (χ1v) is 9.23. The molecule has 0 aromatic carbocycles. The maximum Gasteiger partial charge on any atom is 0.223 e. The summed E-state index contributed by atoms with van der Waals surface area (Å²) in [4.78, 5) is 27.2. The van der Waals surface area contributed by atoms with E-state index in [2.05, 4.69) is 32.1 Å². The predicted molar refractivity (Wildman–Crippen MR) is 96.7 cm³/mol. The zero-order valence-corrected chi connectivity index (χ0v) is 15.5. The largest absolute Gasteiger partial charge is 0.473 e. The second kappa shape index (κ2) is 7.88. The van der Waals surface area contributed by atoms with Gasteiger partial charge in [0.05, 0.1) is 0 Å². The zero-order valence-electron chi connectivity index (χ0n) is 14.7. The Morgan fingerprint density at radius 1 is 1.40 bits per heavy atom. The van der Waals surface area contributed by atoms with Crippen LogP contribution in [-0.2, 0) is 11.3 Å². The molecule has 2 aromatic heterocycles. The van der Waals surface area contributed by atoms with E-state index < -0.39 is 0 Å². The maximum atomic E-state index is 11.1. The molecule has 0 aliphatic carbocycles. The van der Waals surface area contributed by atoms with E-state index in [1.54, 1.807) is 0 Å². The first-order valence-electron chi connectivity index (χ1n) is 8.41. The lowest BCUT2D eigenvalue weighted by Gasteiger charge is -2.37. The van der Waals surface area contributed by atoms with Crippen molar-refractivity contribution in [2.75, 3.05) is 11.9 Å². The molecule has 1 fully saturated rings. The van der Waals surface area contributed by atoms with Crippen molar-refractivity contribution in [1.82, 2.24) is 19.9 Å². The molecule has 0 unspecified atom stereocenters. The van der Waals surface area contributed by atoms with Crippen LogP contribution < -0.4 is 10.1 Å². The summed E-state index contributed by atoms with van der Waals surface area (Å²) < 4.78 is 6.05. The van der Waals surface area contributed by atoms with Crippen molar-refractivity contribution in [3.63, 3.8) is 0 Å². The second-order valence-electron chi connectivity index (χ2n) is 6.41. The van der Waals surface area contributed by atoms with Gasteiger partial charge in [0.25, 0.3) is 0 Å². The first kappa shape index (κ1) is 17.8. The maximum absolute atomic E-state index is 11.1. The van der Waals surface area contributed by atoms with Crippen LogP contribution in [0, 0.1) is 6.92 Å². The molecule has 7 nitrogen and oxygen atoms in total. The molecule has 2 atom stereocenters. The average molecular weight is 361 g/mol. The molecule has 1 saturated heterocycles. The number of rotatable bonds is 5. The molecular weight excluding hydrogens is 338 g/mol. The van der Waals surface area contributed by atoms with Crippen LogP contribution in [0.15, 0.2) is 18.6 Å². The molecule has 8 heteroatoms. The Labute approximate surface area is 151 Å². The van der Waals surface area contributed by atoms with E-state index in [1.165, 1.54) is 24.6 Å². The quantitative estimate of drug-likeness (QED) is 0.882. The highest BCUT2D eigenvalue weighted by Crippen LogP contribution is 2.26. The van der Waals surface area contributed by atoms with E-state index in [-0.39, 0.29) is 12.0 Å². The number of hydrogen-bond acceptors (Lipinski definition) is 7. The standard InChI is InChI=1S/C17H23N5O2S/c1-11-6-16(20-10-19-11)24-14-5-4-12(2)22(8-14)9-15-7-18-17(25-15)21-13(3)23/h6-7,10,12,14H,4-5,8-9H2,1-3H3,(H,18,21,23)/t12-,14-/m0/s1. The molecule has 134 valence electrons. The highest BCUT2D eigenvalue weighted by atomic mass is 32.1. The number of ether oxygens (including phenoxy) is 1. The summed E-state index contributed by atoms with van der Waals surface area (Å²) in [6.45, 7) is 7.31. The van der Waals surface area contributed by atoms with Gasteiger partial charge in [-0.25, -0.2) is 15.0 Å².